The minimum atomic E-state index is -2.01. The third-order valence-corrected chi connectivity index (χ3v) is 23.5. The fourth-order valence-corrected chi connectivity index (χ4v) is 20.8. The molecule has 0 aromatic heterocycles. The van der Waals surface area contributed by atoms with E-state index in [0.29, 0.717) is 22.6 Å². The van der Waals surface area contributed by atoms with Crippen LogP contribution in [0.15, 0.2) is 97.6 Å². The van der Waals surface area contributed by atoms with Crippen LogP contribution < -0.4 is 19.3 Å². The number of nitro groups is 2. The van der Waals surface area contributed by atoms with Gasteiger partial charge in [-0.3, -0.25) is 10.1 Å². The van der Waals surface area contributed by atoms with Crippen LogP contribution in [0.25, 0.3) is 6.08 Å². The van der Waals surface area contributed by atoms with Crippen LogP contribution in [0.3, 0.4) is 0 Å². The second kappa shape index (κ2) is 46.4. The van der Waals surface area contributed by atoms with E-state index in [2.05, 4.69) is 163 Å². The van der Waals surface area contributed by atoms with E-state index in [4.69, 9.17) is 48.2 Å². The Labute approximate surface area is 590 Å². The van der Waals surface area contributed by atoms with Crippen molar-refractivity contribution in [3.63, 3.8) is 0 Å². The first kappa shape index (κ1) is 83.3. The van der Waals surface area contributed by atoms with Gasteiger partial charge < -0.3 is 22.0 Å². The van der Waals surface area contributed by atoms with Crippen molar-refractivity contribution in [3.05, 3.63) is 182 Å². The van der Waals surface area contributed by atoms with E-state index in [1.807, 2.05) is 34.9 Å². The third kappa shape index (κ3) is 28.7. The zero-order valence-electron chi connectivity index (χ0n) is 50.4. The molecule has 1 heterocycles. The van der Waals surface area contributed by atoms with Crippen molar-refractivity contribution in [1.82, 2.24) is 0 Å². The molecule has 0 amide bonds. The number of ether oxygens (including phenoxy) is 2. The summed E-state index contributed by atoms with van der Waals surface area (Å²) in [4.78, 5) is 24.8. The second-order valence-electron chi connectivity index (χ2n) is 21.1. The number of benzene rings is 5. The Balaban J connectivity index is 0.000000540. The van der Waals surface area contributed by atoms with Crippen LogP contribution in [0, 0.1) is 75.9 Å². The quantitative estimate of drug-likeness (QED) is 0.0303. The van der Waals surface area contributed by atoms with Gasteiger partial charge in [0, 0.05) is 125 Å². The molecule has 3 aliphatic carbocycles. The van der Waals surface area contributed by atoms with Crippen molar-refractivity contribution in [1.29, 1.82) is 0 Å². The van der Waals surface area contributed by atoms with Gasteiger partial charge in [-0.2, -0.15) is 6.67 Å². The number of hydrogen-bond acceptors (Lipinski definition) is 8. The molecule has 4 aliphatic rings. The van der Waals surface area contributed by atoms with Crippen molar-refractivity contribution in [2.75, 3.05) is 37.1 Å². The minimum absolute atomic E-state index is 0. The Morgan fingerprint density at radius 1 is 0.558 bits per heavy atom. The van der Waals surface area contributed by atoms with Crippen molar-refractivity contribution in [3.8, 4) is 11.5 Å². The number of halogens is 8. The monoisotopic (exact) mass is 1900 g/mol. The molecule has 10 nitrogen and oxygen atoms in total. The van der Waals surface area contributed by atoms with Gasteiger partial charge in [0.2, 0.25) is 0 Å². The van der Waals surface area contributed by atoms with E-state index in [9.17, 15) is 20.2 Å². The first-order valence-corrected chi connectivity index (χ1v) is 53.3. The SMILES string of the molecule is C.C1CCC([PH+](C2CCCCC2)C2CCCCC2)CC1.C=Cc1cc([N+](=O)[O-])ccc1OC.COc1ccc([N+](=O)[O-])cc1[CH]=[Ru]([Cl])[Cl].Cc1cc(C)c(N2[CH-]N(c3c(C)cc(C)cc3C)CC2)c(C)c1.II.II.[CH3-].[Cl][Ru]([Cl])=[CH]c1ccccc1. The van der Waals surface area contributed by atoms with E-state index in [1.165, 1.54) is 112 Å². The predicted octanol–water partition coefficient (Wildman–Crippen LogP) is 23.5. The average Bonchev–Trinajstić information content (AvgIpc) is 2.62. The summed E-state index contributed by atoms with van der Waals surface area (Å²) in [6, 6.07) is 27.7. The summed E-state index contributed by atoms with van der Waals surface area (Å²) in [7, 11) is 25.7. The fraction of sp³-hybridized carbons (Fsp3) is 0.446. The Bertz CT molecular complexity index is 2740. The van der Waals surface area contributed by atoms with Crippen molar-refractivity contribution in [2.24, 2.45) is 0 Å². The van der Waals surface area contributed by atoms with Crippen LogP contribution in [0.1, 0.15) is 154 Å². The van der Waals surface area contributed by atoms with Gasteiger partial charge >= 0.3 is 173 Å². The van der Waals surface area contributed by atoms with Crippen LogP contribution >= 0.6 is 121 Å². The zero-order valence-corrected chi connectivity index (χ0v) is 66.5. The summed E-state index contributed by atoms with van der Waals surface area (Å²) >= 11 is 4.85. The molecule has 0 N–H and O–H groups in total. The predicted molar refractivity (Wildman–Crippen MR) is 408 cm³/mol. The molecule has 1 aliphatic heterocycles. The fourth-order valence-electron chi connectivity index (χ4n) is 12.0. The first-order valence-electron chi connectivity index (χ1n) is 28.0. The summed E-state index contributed by atoms with van der Waals surface area (Å²) in [6.45, 7) is 21.1. The molecule has 0 atom stereocenters. The van der Waals surface area contributed by atoms with Gasteiger partial charge in [-0.25, -0.2) is 0 Å². The Hall–Kier alpha value is -0.663. The molecule has 0 unspecified atom stereocenters. The molecule has 1 saturated heterocycles. The molecule has 0 bridgehead atoms. The molecular weight excluding hydrogens is 1820 g/mol. The van der Waals surface area contributed by atoms with E-state index < -0.39 is 36.9 Å². The van der Waals surface area contributed by atoms with Crippen molar-refractivity contribution >= 4 is 159 Å². The number of rotatable bonds is 12. The topological polar surface area (TPSA) is 111 Å². The van der Waals surface area contributed by atoms with Crippen LogP contribution in [-0.4, -0.2) is 63.4 Å². The number of hydrogen-bond donors (Lipinski definition) is 0. The third-order valence-electron chi connectivity index (χ3n) is 15.2. The van der Waals surface area contributed by atoms with E-state index in [1.54, 1.807) is 107 Å². The van der Waals surface area contributed by atoms with E-state index in [-0.39, 0.29) is 34.1 Å². The van der Waals surface area contributed by atoms with Gasteiger partial charge in [-0.15, -0.1) is 0 Å². The molecular formula is C65H90Cl4I4N4O6PRu2-. The summed E-state index contributed by atoms with van der Waals surface area (Å²) in [5, 5.41) is 20.9. The summed E-state index contributed by atoms with van der Waals surface area (Å²) in [6.07, 6.45) is 25.3. The van der Waals surface area contributed by atoms with Gasteiger partial charge in [0.15, 0.2) is 0 Å². The van der Waals surface area contributed by atoms with Crippen molar-refractivity contribution in [2.45, 2.75) is 162 Å². The molecule has 0 radical (unpaired) electrons. The molecule has 5 aromatic rings. The van der Waals surface area contributed by atoms with Gasteiger partial charge in [0.05, 0.1) is 29.0 Å². The molecule has 484 valence electrons. The van der Waals surface area contributed by atoms with Crippen LogP contribution in [0.4, 0.5) is 22.7 Å². The molecule has 86 heavy (non-hydrogen) atoms. The second-order valence-corrected chi connectivity index (χ2v) is 36.0. The maximum atomic E-state index is 10.5. The Kier molecular flexibility index (Phi) is 45.0. The number of methoxy groups -OCH3 is 2. The first-order chi connectivity index (χ1) is 40.3. The number of nitro benzene ring substituents is 2. The van der Waals surface area contributed by atoms with Crippen LogP contribution in [-0.2, 0) is 27.0 Å². The number of non-ortho nitro benzene ring substituents is 2. The van der Waals surface area contributed by atoms with Crippen LogP contribution in [0.5, 0.6) is 11.5 Å². The number of aryl methyl sites for hydroxylation is 6. The number of anilines is 2. The van der Waals surface area contributed by atoms with Gasteiger partial charge in [-0.05, 0) is 147 Å². The van der Waals surface area contributed by atoms with Gasteiger partial charge in [0.1, 0.15) is 5.75 Å². The standard InChI is InChI=1S/C21H27N2.C18H33P.C9H9NO3.C8H7NO3.C7H6.CH4.CH3.4ClH.2I2.2Ru/c1-14-9-16(3)20(17(4)10-14)22-7-8-23(13-22)21-18(5)11-15(2)12-19(21)6;1-4-10-16(11-5-1)19(17-12-6-2-7-13-17)18-14-8-3-9-15-18;1-3-7-6-8(10(11)12)4-5-9(7)13-2;1-6-5-7(9(10)11)3-4-8(6)12-2;1-7-5-3-2-4-6-7;;;;;;;2*1-2;;/h9-13H,7-8H2,1-6H3;16-18H,1-15H2;3-6H,1H2,2H3;1,3-5H,2H3;1-6H;1H4;1H3;4*1H;;;;/q-1;;;;;;-1;;;;;;;2*+2/p-3. The molecule has 9 rings (SSSR count). The van der Waals surface area contributed by atoms with E-state index in [0.717, 1.165) is 18.7 Å². The Morgan fingerprint density at radius 2 is 0.895 bits per heavy atom. The van der Waals surface area contributed by atoms with Crippen LogP contribution in [0.2, 0.25) is 0 Å². The Morgan fingerprint density at radius 3 is 1.21 bits per heavy atom. The molecule has 0 spiro atoms. The summed E-state index contributed by atoms with van der Waals surface area (Å²) in [5.74, 6) is 1.11. The van der Waals surface area contributed by atoms with Crippen molar-refractivity contribution < 1.29 is 46.4 Å². The average molecular weight is 1910 g/mol. The number of nitrogens with zero attached hydrogens (tertiary/aromatic N) is 4. The summed E-state index contributed by atoms with van der Waals surface area (Å²) in [5.41, 5.74) is 16.8. The summed E-state index contributed by atoms with van der Waals surface area (Å²) < 4.78 is 13.5. The van der Waals surface area contributed by atoms with Gasteiger partial charge in [0.25, 0.3) is 5.69 Å². The maximum absolute atomic E-state index is 10.5. The molecule has 3 saturated carbocycles. The normalized spacial score (nSPS) is 15.0. The molecule has 5 aromatic carbocycles. The van der Waals surface area contributed by atoms with E-state index >= 15 is 0 Å². The molecule has 21 heteroatoms. The zero-order chi connectivity index (χ0) is 62.3. The van der Waals surface area contributed by atoms with Gasteiger partial charge in [-0.1, -0.05) is 74.7 Å². The molecule has 4 fully saturated rings.